The van der Waals surface area contributed by atoms with Crippen LogP contribution in [0.3, 0.4) is 0 Å². The Morgan fingerprint density at radius 3 is 2.89 bits per heavy atom. The summed E-state index contributed by atoms with van der Waals surface area (Å²) in [6, 6.07) is 8.61. The Bertz CT molecular complexity index is 671. The average molecular weight is 293 g/mol. The first-order chi connectivity index (χ1) is 9.24. The molecule has 0 unspecified atom stereocenters. The maximum Gasteiger partial charge on any atom is 0.129 e. The van der Waals surface area contributed by atoms with Crippen molar-refractivity contribution in [1.29, 1.82) is 0 Å². The summed E-state index contributed by atoms with van der Waals surface area (Å²) in [6.07, 6.45) is 1.83. The largest absolute Gasteiger partial charge is 0.268 e. The summed E-state index contributed by atoms with van der Waals surface area (Å²) in [7, 11) is 0. The lowest BCUT2D eigenvalue weighted by Crippen LogP contribution is -2.03. The average Bonchev–Trinajstić information content (AvgIpc) is 3.04. The molecule has 0 saturated carbocycles. The molecule has 0 N–H and O–H groups in total. The molecular formula is C14H10ClFN2S. The van der Waals surface area contributed by atoms with Crippen molar-refractivity contribution in [3.63, 3.8) is 0 Å². The van der Waals surface area contributed by atoms with Crippen LogP contribution in [0.1, 0.15) is 5.56 Å². The summed E-state index contributed by atoms with van der Waals surface area (Å²) >= 11 is 7.63. The van der Waals surface area contributed by atoms with Crippen molar-refractivity contribution in [2.24, 2.45) is 0 Å². The Labute approximate surface area is 119 Å². The highest BCUT2D eigenvalue weighted by atomic mass is 35.5. The monoisotopic (exact) mass is 292 g/mol. The van der Waals surface area contributed by atoms with Crippen molar-refractivity contribution in [1.82, 2.24) is 9.78 Å². The van der Waals surface area contributed by atoms with E-state index < -0.39 is 0 Å². The highest BCUT2D eigenvalue weighted by Crippen LogP contribution is 2.22. The molecule has 2 heterocycles. The quantitative estimate of drug-likeness (QED) is 0.697. The zero-order valence-corrected chi connectivity index (χ0v) is 11.5. The van der Waals surface area contributed by atoms with E-state index in [4.69, 9.17) is 11.6 Å². The summed E-state index contributed by atoms with van der Waals surface area (Å²) in [4.78, 5) is 0. The van der Waals surface area contributed by atoms with E-state index in [9.17, 15) is 4.39 Å². The predicted octanol–water partition coefficient (Wildman–Crippen LogP) is 4.45. The van der Waals surface area contributed by atoms with Crippen molar-refractivity contribution in [3.05, 3.63) is 63.7 Å². The van der Waals surface area contributed by atoms with E-state index in [1.165, 1.54) is 6.07 Å². The minimum absolute atomic E-state index is 0.305. The van der Waals surface area contributed by atoms with Gasteiger partial charge in [0.2, 0.25) is 0 Å². The topological polar surface area (TPSA) is 17.8 Å². The molecule has 0 radical (unpaired) electrons. The minimum Gasteiger partial charge on any atom is -0.268 e. The molecule has 0 saturated heterocycles. The second-order valence-corrected chi connectivity index (χ2v) is 5.30. The van der Waals surface area contributed by atoms with Crippen LogP contribution in [0.25, 0.3) is 11.3 Å². The third kappa shape index (κ3) is 2.55. The number of nitrogens with zero attached hydrogens (tertiary/aromatic N) is 2. The summed E-state index contributed by atoms with van der Waals surface area (Å²) < 4.78 is 15.4. The van der Waals surface area contributed by atoms with Gasteiger partial charge in [-0.15, -0.1) is 0 Å². The second kappa shape index (κ2) is 5.15. The summed E-state index contributed by atoms with van der Waals surface area (Å²) in [5.41, 5.74) is 2.42. The molecule has 0 atom stereocenters. The normalized spacial score (nSPS) is 10.8. The van der Waals surface area contributed by atoms with E-state index in [1.54, 1.807) is 28.2 Å². The van der Waals surface area contributed by atoms with Gasteiger partial charge in [0.15, 0.2) is 0 Å². The van der Waals surface area contributed by atoms with Gasteiger partial charge in [-0.1, -0.05) is 17.7 Å². The SMILES string of the molecule is Fc1cccc(Cl)c1Cn1ccc(-c2ccsc2)n1. The fourth-order valence-corrected chi connectivity index (χ4v) is 2.73. The number of hydrogen-bond acceptors (Lipinski definition) is 2. The third-order valence-electron chi connectivity index (χ3n) is 2.84. The van der Waals surface area contributed by atoms with Gasteiger partial charge in [-0.25, -0.2) is 4.39 Å². The van der Waals surface area contributed by atoms with Crippen LogP contribution < -0.4 is 0 Å². The minimum atomic E-state index is -0.305. The lowest BCUT2D eigenvalue weighted by Gasteiger charge is -2.05. The molecule has 96 valence electrons. The van der Waals surface area contributed by atoms with Crippen LogP contribution in [0.2, 0.25) is 5.02 Å². The molecule has 2 aromatic heterocycles. The van der Waals surface area contributed by atoms with Crippen molar-refractivity contribution < 1.29 is 4.39 Å². The van der Waals surface area contributed by atoms with Crippen LogP contribution in [0.15, 0.2) is 47.3 Å². The molecule has 0 fully saturated rings. The van der Waals surface area contributed by atoms with E-state index in [1.807, 2.05) is 29.1 Å². The molecule has 0 aliphatic rings. The van der Waals surface area contributed by atoms with Crippen LogP contribution in [-0.4, -0.2) is 9.78 Å². The molecule has 19 heavy (non-hydrogen) atoms. The van der Waals surface area contributed by atoms with Crippen LogP contribution >= 0.6 is 22.9 Å². The zero-order chi connectivity index (χ0) is 13.2. The molecule has 0 aliphatic heterocycles. The van der Waals surface area contributed by atoms with Gasteiger partial charge in [-0.05, 0) is 29.6 Å². The van der Waals surface area contributed by atoms with Gasteiger partial charge in [-0.3, -0.25) is 4.68 Å². The molecule has 1 aromatic carbocycles. The number of rotatable bonds is 3. The van der Waals surface area contributed by atoms with Crippen LogP contribution in [0.4, 0.5) is 4.39 Å². The lowest BCUT2D eigenvalue weighted by atomic mass is 10.2. The zero-order valence-electron chi connectivity index (χ0n) is 9.88. The Morgan fingerprint density at radius 2 is 2.16 bits per heavy atom. The molecule has 0 bridgehead atoms. The number of halogens is 2. The molecular weight excluding hydrogens is 283 g/mol. The molecule has 0 amide bonds. The standard InChI is InChI=1S/C14H10ClFN2S/c15-12-2-1-3-13(16)11(12)8-18-6-4-14(17-18)10-5-7-19-9-10/h1-7,9H,8H2. The predicted molar refractivity (Wildman–Crippen MR) is 76.1 cm³/mol. The van der Waals surface area contributed by atoms with Gasteiger partial charge < -0.3 is 0 Å². The first kappa shape index (κ1) is 12.4. The maximum absolute atomic E-state index is 13.7. The first-order valence-corrected chi connectivity index (χ1v) is 7.05. The highest BCUT2D eigenvalue weighted by Gasteiger charge is 2.09. The Kier molecular flexibility index (Phi) is 3.36. The van der Waals surface area contributed by atoms with E-state index in [0.717, 1.165) is 11.3 Å². The lowest BCUT2D eigenvalue weighted by molar-refractivity contribution is 0.586. The second-order valence-electron chi connectivity index (χ2n) is 4.11. The van der Waals surface area contributed by atoms with Crippen molar-refractivity contribution in [3.8, 4) is 11.3 Å². The van der Waals surface area contributed by atoms with Gasteiger partial charge in [0, 0.05) is 27.7 Å². The Hall–Kier alpha value is -1.65. The number of thiophene rings is 1. The van der Waals surface area contributed by atoms with Gasteiger partial charge in [0.25, 0.3) is 0 Å². The van der Waals surface area contributed by atoms with Crippen LogP contribution in [-0.2, 0) is 6.54 Å². The number of hydrogen-bond donors (Lipinski definition) is 0. The van der Waals surface area contributed by atoms with Gasteiger partial charge in [0.1, 0.15) is 5.82 Å². The van der Waals surface area contributed by atoms with Gasteiger partial charge in [-0.2, -0.15) is 16.4 Å². The maximum atomic E-state index is 13.7. The van der Waals surface area contributed by atoms with Crippen LogP contribution in [0.5, 0.6) is 0 Å². The van der Waals surface area contributed by atoms with E-state index in [0.29, 0.717) is 17.1 Å². The molecule has 3 aromatic rings. The van der Waals surface area contributed by atoms with E-state index >= 15 is 0 Å². The first-order valence-electron chi connectivity index (χ1n) is 5.73. The Morgan fingerprint density at radius 1 is 1.26 bits per heavy atom. The summed E-state index contributed by atoms with van der Waals surface area (Å²) in [5.74, 6) is -0.305. The van der Waals surface area contributed by atoms with Crippen molar-refractivity contribution in [2.45, 2.75) is 6.54 Å². The van der Waals surface area contributed by atoms with Gasteiger partial charge in [0.05, 0.1) is 12.2 Å². The highest BCUT2D eigenvalue weighted by molar-refractivity contribution is 7.08. The molecule has 5 heteroatoms. The van der Waals surface area contributed by atoms with E-state index in [-0.39, 0.29) is 5.82 Å². The number of aromatic nitrogens is 2. The van der Waals surface area contributed by atoms with Crippen molar-refractivity contribution >= 4 is 22.9 Å². The molecule has 3 rings (SSSR count). The third-order valence-corrected chi connectivity index (χ3v) is 3.88. The Balaban J connectivity index is 1.88. The summed E-state index contributed by atoms with van der Waals surface area (Å²) in [5, 5.41) is 8.88. The molecule has 0 spiro atoms. The fourth-order valence-electron chi connectivity index (χ4n) is 1.86. The fraction of sp³-hybridized carbons (Fsp3) is 0.0714. The van der Waals surface area contributed by atoms with E-state index in [2.05, 4.69) is 5.10 Å². The van der Waals surface area contributed by atoms with Crippen molar-refractivity contribution in [2.75, 3.05) is 0 Å². The number of benzene rings is 1. The molecule has 0 aliphatic carbocycles. The van der Waals surface area contributed by atoms with Crippen LogP contribution in [0, 0.1) is 5.82 Å². The smallest absolute Gasteiger partial charge is 0.129 e. The molecule has 2 nitrogen and oxygen atoms in total. The summed E-state index contributed by atoms with van der Waals surface area (Å²) in [6.45, 7) is 0.329. The van der Waals surface area contributed by atoms with Gasteiger partial charge >= 0.3 is 0 Å².